The first kappa shape index (κ1) is 17.9. The van der Waals surface area contributed by atoms with E-state index in [-0.39, 0.29) is 23.5 Å². The van der Waals surface area contributed by atoms with Gasteiger partial charge >= 0.3 is 0 Å². The summed E-state index contributed by atoms with van der Waals surface area (Å²) in [5.41, 5.74) is 5.38. The first-order valence-electron chi connectivity index (χ1n) is 8.27. The number of hydrogen-bond acceptors (Lipinski definition) is 6. The molecule has 134 valence electrons. The van der Waals surface area contributed by atoms with Crippen LogP contribution in [0.15, 0.2) is 22.7 Å². The van der Waals surface area contributed by atoms with Gasteiger partial charge in [0.2, 0.25) is 11.8 Å². The Labute approximate surface area is 154 Å². The lowest BCUT2D eigenvalue weighted by Crippen LogP contribution is -2.44. The van der Waals surface area contributed by atoms with Crippen molar-refractivity contribution in [2.45, 2.75) is 31.5 Å². The number of nitrogens with two attached hydrogens (primary N) is 1. The number of primary amides is 1. The van der Waals surface area contributed by atoms with Crippen molar-refractivity contribution in [2.24, 2.45) is 11.7 Å². The molecule has 2 amide bonds. The minimum atomic E-state index is -0.323. The minimum absolute atomic E-state index is 0.0132. The normalized spacial score (nSPS) is 17.6. The molecule has 1 aliphatic heterocycles. The molecule has 3 heterocycles. The molecule has 3 rings (SSSR count). The predicted molar refractivity (Wildman–Crippen MR) is 98.2 cm³/mol. The molecule has 1 aliphatic rings. The lowest BCUT2D eigenvalue weighted by atomic mass is 9.97. The van der Waals surface area contributed by atoms with Gasteiger partial charge < -0.3 is 15.2 Å². The van der Waals surface area contributed by atoms with E-state index >= 15 is 0 Å². The zero-order chi connectivity index (χ0) is 17.8. The van der Waals surface area contributed by atoms with Crippen LogP contribution in [-0.2, 0) is 16.1 Å². The zero-order valence-electron chi connectivity index (χ0n) is 14.1. The number of hydrogen-bond donors (Lipinski definition) is 1. The SMILES string of the molecule is CCn1c(SCC(=O)N2CCCC(C(N)=O)C2)nnc1-c1cccs1. The van der Waals surface area contributed by atoms with E-state index in [1.54, 1.807) is 16.2 Å². The van der Waals surface area contributed by atoms with E-state index in [9.17, 15) is 9.59 Å². The van der Waals surface area contributed by atoms with Gasteiger partial charge in [0.25, 0.3) is 0 Å². The van der Waals surface area contributed by atoms with E-state index in [0.717, 1.165) is 35.2 Å². The lowest BCUT2D eigenvalue weighted by Gasteiger charge is -2.31. The molecule has 0 radical (unpaired) electrons. The summed E-state index contributed by atoms with van der Waals surface area (Å²) < 4.78 is 2.02. The van der Waals surface area contributed by atoms with Crippen molar-refractivity contribution < 1.29 is 9.59 Å². The van der Waals surface area contributed by atoms with E-state index in [2.05, 4.69) is 10.2 Å². The first-order valence-corrected chi connectivity index (χ1v) is 10.1. The highest BCUT2D eigenvalue weighted by Gasteiger charge is 2.27. The van der Waals surface area contributed by atoms with Gasteiger partial charge in [-0.25, -0.2) is 0 Å². The smallest absolute Gasteiger partial charge is 0.233 e. The monoisotopic (exact) mass is 379 g/mol. The average molecular weight is 380 g/mol. The van der Waals surface area contributed by atoms with Crippen LogP contribution in [0.2, 0.25) is 0 Å². The summed E-state index contributed by atoms with van der Waals surface area (Å²) in [7, 11) is 0. The van der Waals surface area contributed by atoms with Crippen LogP contribution in [0, 0.1) is 5.92 Å². The summed E-state index contributed by atoms with van der Waals surface area (Å²) in [4.78, 5) is 26.6. The number of likely N-dealkylation sites (tertiary alicyclic amines) is 1. The Balaban J connectivity index is 1.63. The standard InChI is InChI=1S/C16H21N5O2S2/c1-2-21-15(12-6-4-8-24-12)18-19-16(21)25-10-13(22)20-7-3-5-11(9-20)14(17)23/h4,6,8,11H,2-3,5,7,9-10H2,1H3,(H2,17,23). The number of piperidine rings is 1. The fourth-order valence-corrected chi connectivity index (χ4v) is 4.54. The molecule has 0 spiro atoms. The van der Waals surface area contributed by atoms with E-state index in [0.29, 0.717) is 13.1 Å². The lowest BCUT2D eigenvalue weighted by molar-refractivity contribution is -0.132. The van der Waals surface area contributed by atoms with Crippen LogP contribution in [0.3, 0.4) is 0 Å². The number of carbonyl (C=O) groups is 2. The van der Waals surface area contributed by atoms with Crippen LogP contribution < -0.4 is 5.73 Å². The highest BCUT2D eigenvalue weighted by atomic mass is 32.2. The summed E-state index contributed by atoms with van der Waals surface area (Å²) in [6.45, 7) is 3.89. The van der Waals surface area contributed by atoms with Gasteiger partial charge in [-0.2, -0.15) is 0 Å². The van der Waals surface area contributed by atoms with Crippen molar-refractivity contribution in [3.05, 3.63) is 17.5 Å². The van der Waals surface area contributed by atoms with Gasteiger partial charge in [0.15, 0.2) is 11.0 Å². The van der Waals surface area contributed by atoms with Crippen molar-refractivity contribution in [2.75, 3.05) is 18.8 Å². The number of aromatic nitrogens is 3. The second-order valence-electron chi connectivity index (χ2n) is 5.90. The predicted octanol–water partition coefficient (Wildman–Crippen LogP) is 1.84. The van der Waals surface area contributed by atoms with Crippen molar-refractivity contribution in [1.82, 2.24) is 19.7 Å². The van der Waals surface area contributed by atoms with Crippen molar-refractivity contribution in [3.63, 3.8) is 0 Å². The molecule has 2 aromatic heterocycles. The molecule has 1 unspecified atom stereocenters. The van der Waals surface area contributed by atoms with Crippen LogP contribution in [-0.4, -0.2) is 50.3 Å². The Kier molecular flexibility index (Phi) is 5.74. The number of carbonyl (C=O) groups excluding carboxylic acids is 2. The molecule has 2 N–H and O–H groups in total. The van der Waals surface area contributed by atoms with Crippen molar-refractivity contribution >= 4 is 34.9 Å². The third-order valence-corrected chi connectivity index (χ3v) is 6.09. The fourth-order valence-electron chi connectivity index (χ4n) is 2.92. The van der Waals surface area contributed by atoms with Gasteiger partial charge in [0.05, 0.1) is 16.5 Å². The summed E-state index contributed by atoms with van der Waals surface area (Å²) >= 11 is 3.01. The minimum Gasteiger partial charge on any atom is -0.369 e. The molecular weight excluding hydrogens is 358 g/mol. The number of thioether (sulfide) groups is 1. The van der Waals surface area contributed by atoms with E-state index in [4.69, 9.17) is 5.73 Å². The maximum absolute atomic E-state index is 12.5. The van der Waals surface area contributed by atoms with Gasteiger partial charge in [-0.1, -0.05) is 17.8 Å². The molecular formula is C16H21N5O2S2. The summed E-state index contributed by atoms with van der Waals surface area (Å²) in [6, 6.07) is 3.99. The molecule has 1 fully saturated rings. The second kappa shape index (κ2) is 8.01. The Morgan fingerprint density at radius 3 is 2.96 bits per heavy atom. The summed E-state index contributed by atoms with van der Waals surface area (Å²) in [6.07, 6.45) is 1.58. The van der Waals surface area contributed by atoms with Crippen LogP contribution in [0.4, 0.5) is 0 Å². The molecule has 2 aromatic rings. The van der Waals surface area contributed by atoms with E-state index in [1.165, 1.54) is 11.8 Å². The van der Waals surface area contributed by atoms with E-state index in [1.807, 2.05) is 29.0 Å². The van der Waals surface area contributed by atoms with Crippen LogP contribution >= 0.6 is 23.1 Å². The number of rotatable bonds is 6. The Hall–Kier alpha value is -1.87. The van der Waals surface area contributed by atoms with Gasteiger partial charge in [-0.3, -0.25) is 9.59 Å². The second-order valence-corrected chi connectivity index (χ2v) is 7.79. The highest BCUT2D eigenvalue weighted by Crippen LogP contribution is 2.27. The highest BCUT2D eigenvalue weighted by molar-refractivity contribution is 7.99. The van der Waals surface area contributed by atoms with Crippen molar-refractivity contribution in [1.29, 1.82) is 0 Å². The number of nitrogens with zero attached hydrogens (tertiary/aromatic N) is 4. The molecule has 25 heavy (non-hydrogen) atoms. The summed E-state index contributed by atoms with van der Waals surface area (Å²) in [5, 5.41) is 11.3. The molecule has 1 atom stereocenters. The fraction of sp³-hybridized carbons (Fsp3) is 0.500. The topological polar surface area (TPSA) is 94.1 Å². The third kappa shape index (κ3) is 4.04. The van der Waals surface area contributed by atoms with Crippen molar-refractivity contribution in [3.8, 4) is 10.7 Å². The van der Waals surface area contributed by atoms with Crippen LogP contribution in [0.1, 0.15) is 19.8 Å². The first-order chi connectivity index (χ1) is 12.1. The van der Waals surface area contributed by atoms with Gasteiger partial charge in [-0.05, 0) is 31.2 Å². The van der Waals surface area contributed by atoms with Gasteiger partial charge in [-0.15, -0.1) is 21.5 Å². The quantitative estimate of drug-likeness (QED) is 0.773. The maximum atomic E-state index is 12.5. The Bertz CT molecular complexity index is 744. The Morgan fingerprint density at radius 2 is 2.28 bits per heavy atom. The average Bonchev–Trinajstić information content (AvgIpc) is 3.28. The summed E-state index contributed by atoms with van der Waals surface area (Å²) in [5.74, 6) is 0.580. The van der Waals surface area contributed by atoms with E-state index < -0.39 is 0 Å². The third-order valence-electron chi connectivity index (χ3n) is 4.28. The van der Waals surface area contributed by atoms with Crippen LogP contribution in [0.5, 0.6) is 0 Å². The Morgan fingerprint density at radius 1 is 1.44 bits per heavy atom. The van der Waals surface area contributed by atoms with Gasteiger partial charge in [0, 0.05) is 19.6 Å². The number of amides is 2. The molecule has 9 heteroatoms. The maximum Gasteiger partial charge on any atom is 0.233 e. The van der Waals surface area contributed by atoms with Gasteiger partial charge in [0.1, 0.15) is 0 Å². The molecule has 0 saturated carbocycles. The molecule has 0 bridgehead atoms. The molecule has 1 saturated heterocycles. The van der Waals surface area contributed by atoms with Crippen LogP contribution in [0.25, 0.3) is 10.7 Å². The number of thiophene rings is 1. The molecule has 0 aromatic carbocycles. The largest absolute Gasteiger partial charge is 0.369 e. The molecule has 7 nitrogen and oxygen atoms in total. The molecule has 0 aliphatic carbocycles. The zero-order valence-corrected chi connectivity index (χ0v) is 15.7.